The highest BCUT2D eigenvalue weighted by molar-refractivity contribution is 5.07. The first-order valence-electron chi connectivity index (χ1n) is 2.06. The Morgan fingerprint density at radius 1 is 1.57 bits per heavy atom. The predicted molar refractivity (Wildman–Crippen MR) is 31.7 cm³/mol. The molecule has 0 heterocycles. The number of terminal acetylenes is 1. The zero-order valence-electron chi connectivity index (χ0n) is 4.68. The Morgan fingerprint density at radius 2 is 2.14 bits per heavy atom. The third-order valence-electron chi connectivity index (χ3n) is 0.469. The maximum absolute atomic E-state index is 4.91. The lowest BCUT2D eigenvalue weighted by molar-refractivity contribution is 0.564. The van der Waals surface area contributed by atoms with E-state index in [-0.39, 0.29) is 0 Å². The average molecular weight is 95.1 g/mol. The van der Waals surface area contributed by atoms with E-state index in [9.17, 15) is 0 Å². The van der Waals surface area contributed by atoms with E-state index in [1.165, 1.54) is 0 Å². The van der Waals surface area contributed by atoms with Crippen molar-refractivity contribution in [3.05, 3.63) is 12.3 Å². The number of nitrogens with zero attached hydrogens (tertiary/aromatic N) is 1. The molecule has 1 nitrogen and oxygen atoms in total. The minimum absolute atomic E-state index is 1.65. The third-order valence-corrected chi connectivity index (χ3v) is 0.469. The number of allylic oxidation sites excluding steroid dienone is 1. The van der Waals surface area contributed by atoms with Crippen LogP contribution >= 0.6 is 0 Å². The largest absolute Gasteiger partial charge is 0.383 e. The molecule has 0 radical (unpaired) electrons. The van der Waals surface area contributed by atoms with Crippen molar-refractivity contribution in [1.82, 2.24) is 4.90 Å². The maximum Gasteiger partial charge on any atom is 0.00697 e. The zero-order chi connectivity index (χ0) is 5.70. The van der Waals surface area contributed by atoms with Crippen LogP contribution in [0.5, 0.6) is 0 Å². The second-order valence-corrected chi connectivity index (χ2v) is 1.45. The smallest absolute Gasteiger partial charge is 0.00697 e. The van der Waals surface area contributed by atoms with E-state index in [1.54, 1.807) is 6.08 Å². The molecule has 0 spiro atoms. The summed E-state index contributed by atoms with van der Waals surface area (Å²) in [7, 11) is 3.85. The first kappa shape index (κ1) is 6.10. The van der Waals surface area contributed by atoms with Gasteiger partial charge in [-0.2, -0.15) is 0 Å². The highest BCUT2D eigenvalue weighted by Gasteiger charge is 1.67. The van der Waals surface area contributed by atoms with Crippen molar-refractivity contribution in [3.8, 4) is 12.3 Å². The predicted octanol–water partition coefficient (Wildman–Crippen LogP) is 0.695. The minimum atomic E-state index is 1.65. The Bertz CT molecular complexity index is 95.2. The number of hydrogen-bond acceptors (Lipinski definition) is 1. The van der Waals surface area contributed by atoms with E-state index in [0.717, 1.165) is 0 Å². The van der Waals surface area contributed by atoms with E-state index >= 15 is 0 Å². The van der Waals surface area contributed by atoms with Gasteiger partial charge in [0.05, 0.1) is 0 Å². The van der Waals surface area contributed by atoms with Crippen molar-refractivity contribution in [2.24, 2.45) is 0 Å². The number of rotatable bonds is 1. The van der Waals surface area contributed by atoms with Gasteiger partial charge in [0.2, 0.25) is 0 Å². The van der Waals surface area contributed by atoms with Crippen LogP contribution in [0.15, 0.2) is 12.3 Å². The fourth-order valence-corrected chi connectivity index (χ4v) is 0.192. The first-order valence-corrected chi connectivity index (χ1v) is 2.06. The molecule has 0 saturated carbocycles. The summed E-state index contributed by atoms with van der Waals surface area (Å²) >= 11 is 0. The van der Waals surface area contributed by atoms with Gasteiger partial charge >= 0.3 is 0 Å². The van der Waals surface area contributed by atoms with Crippen LogP contribution in [0, 0.1) is 12.3 Å². The average Bonchev–Trinajstić information content (AvgIpc) is 1.61. The summed E-state index contributed by atoms with van der Waals surface area (Å²) in [5.41, 5.74) is 0. The van der Waals surface area contributed by atoms with Crippen molar-refractivity contribution in [3.63, 3.8) is 0 Å². The molecule has 0 saturated heterocycles. The summed E-state index contributed by atoms with van der Waals surface area (Å²) in [6.07, 6.45) is 8.39. The molecule has 7 heavy (non-hydrogen) atoms. The van der Waals surface area contributed by atoms with Crippen molar-refractivity contribution in [2.75, 3.05) is 14.1 Å². The lowest BCUT2D eigenvalue weighted by Gasteiger charge is -1.99. The van der Waals surface area contributed by atoms with Crippen LogP contribution in [0.25, 0.3) is 0 Å². The van der Waals surface area contributed by atoms with Gasteiger partial charge < -0.3 is 4.90 Å². The highest BCUT2D eigenvalue weighted by atomic mass is 15.0. The molecule has 0 N–H and O–H groups in total. The molecule has 0 fully saturated rings. The van der Waals surface area contributed by atoms with Crippen LogP contribution in [0.3, 0.4) is 0 Å². The molecule has 0 atom stereocenters. The molecular weight excluding hydrogens is 86.1 g/mol. The summed E-state index contributed by atoms with van der Waals surface area (Å²) in [4.78, 5) is 1.89. The summed E-state index contributed by atoms with van der Waals surface area (Å²) in [6, 6.07) is 0. The Morgan fingerprint density at radius 3 is 2.29 bits per heavy atom. The Balaban J connectivity index is 3.31. The van der Waals surface area contributed by atoms with Gasteiger partial charge in [0, 0.05) is 26.4 Å². The van der Waals surface area contributed by atoms with Gasteiger partial charge in [-0.1, -0.05) is 5.92 Å². The van der Waals surface area contributed by atoms with E-state index < -0.39 is 0 Å². The molecule has 0 amide bonds. The van der Waals surface area contributed by atoms with Gasteiger partial charge in [0.15, 0.2) is 0 Å². The second kappa shape index (κ2) is 3.30. The summed E-state index contributed by atoms with van der Waals surface area (Å²) < 4.78 is 0. The van der Waals surface area contributed by atoms with Crippen LogP contribution in [0.1, 0.15) is 0 Å². The van der Waals surface area contributed by atoms with Crippen molar-refractivity contribution < 1.29 is 0 Å². The van der Waals surface area contributed by atoms with Gasteiger partial charge in [0.1, 0.15) is 0 Å². The Kier molecular flexibility index (Phi) is 2.87. The van der Waals surface area contributed by atoms with Gasteiger partial charge in [-0.25, -0.2) is 0 Å². The molecule has 0 unspecified atom stereocenters. The van der Waals surface area contributed by atoms with Crippen LogP contribution in [0.2, 0.25) is 0 Å². The summed E-state index contributed by atoms with van der Waals surface area (Å²) in [5, 5.41) is 0. The molecule has 0 aliphatic rings. The second-order valence-electron chi connectivity index (χ2n) is 1.45. The van der Waals surface area contributed by atoms with Gasteiger partial charge in [-0.05, 0) is 0 Å². The molecule has 0 aromatic heterocycles. The first-order chi connectivity index (χ1) is 3.27. The van der Waals surface area contributed by atoms with E-state index in [1.807, 2.05) is 25.2 Å². The van der Waals surface area contributed by atoms with Crippen molar-refractivity contribution in [1.29, 1.82) is 0 Å². The molecule has 1 heteroatoms. The molecule has 0 aromatic carbocycles. The molecule has 0 rings (SSSR count). The third kappa shape index (κ3) is 5.10. The monoisotopic (exact) mass is 95.1 g/mol. The number of hydrogen-bond donors (Lipinski definition) is 0. The van der Waals surface area contributed by atoms with Crippen LogP contribution in [-0.4, -0.2) is 19.0 Å². The van der Waals surface area contributed by atoms with Gasteiger partial charge in [0.25, 0.3) is 0 Å². The molecule has 38 valence electrons. The highest BCUT2D eigenvalue weighted by Crippen LogP contribution is 1.72. The molecular formula is C6H9N. The SMILES string of the molecule is C#C/C=C\N(C)C. The standard InChI is InChI=1S/C6H9N/c1-4-5-6-7(2)3/h1,5-6H,2-3H3/b6-5-. The maximum atomic E-state index is 4.91. The zero-order valence-corrected chi connectivity index (χ0v) is 4.68. The van der Waals surface area contributed by atoms with E-state index in [2.05, 4.69) is 5.92 Å². The lowest BCUT2D eigenvalue weighted by Crippen LogP contribution is -1.99. The van der Waals surface area contributed by atoms with E-state index in [0.29, 0.717) is 0 Å². The molecule has 0 aliphatic heterocycles. The quantitative estimate of drug-likeness (QED) is 0.433. The topological polar surface area (TPSA) is 3.24 Å². The summed E-state index contributed by atoms with van der Waals surface area (Å²) in [5.74, 6) is 2.38. The van der Waals surface area contributed by atoms with Gasteiger partial charge in [-0.3, -0.25) is 0 Å². The summed E-state index contributed by atoms with van der Waals surface area (Å²) in [6.45, 7) is 0. The van der Waals surface area contributed by atoms with Crippen LogP contribution in [-0.2, 0) is 0 Å². The lowest BCUT2D eigenvalue weighted by atomic mass is 10.6. The van der Waals surface area contributed by atoms with E-state index in [4.69, 9.17) is 6.42 Å². The van der Waals surface area contributed by atoms with Crippen molar-refractivity contribution in [2.45, 2.75) is 0 Å². The van der Waals surface area contributed by atoms with Gasteiger partial charge in [-0.15, -0.1) is 6.42 Å². The molecule has 0 aromatic rings. The van der Waals surface area contributed by atoms with Crippen LogP contribution in [0.4, 0.5) is 0 Å². The fraction of sp³-hybridized carbons (Fsp3) is 0.333. The van der Waals surface area contributed by atoms with Crippen molar-refractivity contribution >= 4 is 0 Å². The Hall–Kier alpha value is -0.900. The fourth-order valence-electron chi connectivity index (χ4n) is 0.192. The normalized spacial score (nSPS) is 8.71. The minimum Gasteiger partial charge on any atom is -0.383 e. The van der Waals surface area contributed by atoms with Crippen LogP contribution < -0.4 is 0 Å². The Labute approximate surface area is 44.6 Å². The molecule has 0 aliphatic carbocycles. The molecule has 0 bridgehead atoms.